The van der Waals surface area contributed by atoms with Gasteiger partial charge in [0.1, 0.15) is 6.61 Å². The van der Waals surface area contributed by atoms with E-state index in [0.29, 0.717) is 0 Å². The molecule has 0 atom stereocenters. The molecule has 0 fully saturated rings. The molecule has 0 bridgehead atoms. The van der Waals surface area contributed by atoms with E-state index in [2.05, 4.69) is 0 Å². The third-order valence-electron chi connectivity index (χ3n) is 2.02. The van der Waals surface area contributed by atoms with Crippen LogP contribution in [0.15, 0.2) is 35.2 Å². The van der Waals surface area contributed by atoms with Gasteiger partial charge in [-0.25, -0.2) is 8.42 Å². The molecule has 0 aliphatic rings. The summed E-state index contributed by atoms with van der Waals surface area (Å²) in [5.41, 5.74) is 0.750. The zero-order chi connectivity index (χ0) is 12.9. The van der Waals surface area contributed by atoms with Crippen molar-refractivity contribution in [1.82, 2.24) is 0 Å². The van der Waals surface area contributed by atoms with Crippen molar-refractivity contribution in [2.45, 2.75) is 6.92 Å². The fourth-order valence-electron chi connectivity index (χ4n) is 1.16. The van der Waals surface area contributed by atoms with E-state index in [-0.39, 0.29) is 11.5 Å². The first-order valence-electron chi connectivity index (χ1n) is 4.98. The number of sulfone groups is 1. The molecule has 0 aliphatic heterocycles. The topological polar surface area (TPSA) is 60.4 Å². The van der Waals surface area contributed by atoms with Gasteiger partial charge >= 0.3 is 5.97 Å². The predicted molar refractivity (Wildman–Crippen MR) is 65.9 cm³/mol. The number of esters is 1. The fraction of sp³-hybridized carbons (Fsp3) is 0.250. The van der Waals surface area contributed by atoms with Crippen molar-refractivity contribution >= 4 is 21.9 Å². The van der Waals surface area contributed by atoms with Crippen molar-refractivity contribution in [3.05, 3.63) is 40.8 Å². The summed E-state index contributed by atoms with van der Waals surface area (Å²) >= 11 is 0. The molecule has 0 saturated heterocycles. The van der Waals surface area contributed by atoms with Gasteiger partial charge in [0.05, 0.1) is 4.91 Å². The highest BCUT2D eigenvalue weighted by Crippen LogP contribution is 2.12. The number of rotatable bonds is 4. The summed E-state index contributed by atoms with van der Waals surface area (Å²) in [6.07, 6.45) is 2.59. The molecule has 1 aromatic rings. The molecule has 0 saturated carbocycles. The molecular formula is C12H14O4S. The van der Waals surface area contributed by atoms with Gasteiger partial charge in [-0.1, -0.05) is 30.3 Å². The second-order valence-corrected chi connectivity index (χ2v) is 5.64. The average molecular weight is 254 g/mol. The van der Waals surface area contributed by atoms with E-state index in [0.717, 1.165) is 11.8 Å². The Morgan fingerprint density at radius 2 is 1.88 bits per heavy atom. The van der Waals surface area contributed by atoms with E-state index >= 15 is 0 Å². The Balaban J connectivity index is 2.99. The molecule has 1 rings (SSSR count). The van der Waals surface area contributed by atoms with E-state index in [4.69, 9.17) is 4.74 Å². The minimum atomic E-state index is -3.37. The predicted octanol–water partition coefficient (Wildman–Crippen LogP) is 1.64. The van der Waals surface area contributed by atoms with Crippen LogP contribution in [0.5, 0.6) is 0 Å². The summed E-state index contributed by atoms with van der Waals surface area (Å²) in [6, 6.07) is 9.00. The second kappa shape index (κ2) is 5.63. The maximum Gasteiger partial charge on any atom is 0.302 e. The lowest BCUT2D eigenvalue weighted by Crippen LogP contribution is -2.10. The van der Waals surface area contributed by atoms with Crippen LogP contribution in [0.1, 0.15) is 12.5 Å². The summed E-state index contributed by atoms with van der Waals surface area (Å²) in [6.45, 7) is 1.01. The molecule has 0 unspecified atom stereocenters. The van der Waals surface area contributed by atoms with Crippen molar-refractivity contribution in [1.29, 1.82) is 0 Å². The molecule has 92 valence electrons. The standard InChI is InChI=1S/C12H14O4S/c1-10(13)16-9-12(17(2,14)15)8-11-6-4-3-5-7-11/h3-8H,9H2,1-2H3. The normalized spacial score (nSPS) is 12.2. The maximum atomic E-state index is 11.5. The Morgan fingerprint density at radius 1 is 1.29 bits per heavy atom. The lowest BCUT2D eigenvalue weighted by molar-refractivity contribution is -0.139. The quantitative estimate of drug-likeness (QED) is 0.766. The molecule has 0 aromatic heterocycles. The van der Waals surface area contributed by atoms with Crippen LogP contribution in [-0.4, -0.2) is 27.2 Å². The van der Waals surface area contributed by atoms with E-state index in [1.54, 1.807) is 24.3 Å². The molecule has 0 amide bonds. The minimum absolute atomic E-state index is 0.0823. The van der Waals surface area contributed by atoms with Crippen LogP contribution < -0.4 is 0 Å². The lowest BCUT2D eigenvalue weighted by atomic mass is 10.2. The maximum absolute atomic E-state index is 11.5. The summed E-state index contributed by atoms with van der Waals surface area (Å²) < 4.78 is 27.7. The first-order valence-corrected chi connectivity index (χ1v) is 6.88. The highest BCUT2D eigenvalue weighted by Gasteiger charge is 2.12. The van der Waals surface area contributed by atoms with Crippen molar-refractivity contribution in [3.63, 3.8) is 0 Å². The molecule has 0 radical (unpaired) electrons. The van der Waals surface area contributed by atoms with E-state index in [9.17, 15) is 13.2 Å². The average Bonchev–Trinajstić information content (AvgIpc) is 2.23. The summed E-state index contributed by atoms with van der Waals surface area (Å²) in [4.78, 5) is 10.8. The number of carbonyl (C=O) groups is 1. The van der Waals surface area contributed by atoms with Gasteiger partial charge in [-0.05, 0) is 11.6 Å². The molecule has 5 heteroatoms. The molecule has 0 spiro atoms. The first kappa shape index (κ1) is 13.4. The number of carbonyl (C=O) groups excluding carboxylic acids is 1. The van der Waals surface area contributed by atoms with Gasteiger partial charge in [0.15, 0.2) is 9.84 Å². The van der Waals surface area contributed by atoms with Crippen molar-refractivity contribution in [3.8, 4) is 0 Å². The van der Waals surface area contributed by atoms with Gasteiger partial charge in [-0.15, -0.1) is 0 Å². The molecule has 1 aromatic carbocycles. The third kappa shape index (κ3) is 4.82. The smallest absolute Gasteiger partial charge is 0.302 e. The van der Waals surface area contributed by atoms with E-state index in [1.807, 2.05) is 6.07 Å². The van der Waals surface area contributed by atoms with Gasteiger partial charge in [-0.3, -0.25) is 4.79 Å². The Morgan fingerprint density at radius 3 is 2.35 bits per heavy atom. The van der Waals surface area contributed by atoms with Crippen LogP contribution >= 0.6 is 0 Å². The van der Waals surface area contributed by atoms with Crippen molar-refractivity contribution < 1.29 is 17.9 Å². The van der Waals surface area contributed by atoms with Crippen LogP contribution in [0.25, 0.3) is 6.08 Å². The van der Waals surface area contributed by atoms with Gasteiger partial charge < -0.3 is 4.74 Å². The SMILES string of the molecule is CC(=O)OCC(=Cc1ccccc1)S(C)(=O)=O. The Hall–Kier alpha value is -1.62. The molecule has 0 aliphatic carbocycles. The van der Waals surface area contributed by atoms with Crippen LogP contribution in [0.2, 0.25) is 0 Å². The Kier molecular flexibility index (Phi) is 4.45. The van der Waals surface area contributed by atoms with Crippen LogP contribution in [0.4, 0.5) is 0 Å². The van der Waals surface area contributed by atoms with Gasteiger partial charge in [0, 0.05) is 13.2 Å². The van der Waals surface area contributed by atoms with Gasteiger partial charge in [0.25, 0.3) is 0 Å². The Bertz CT molecular complexity index is 515. The molecule has 17 heavy (non-hydrogen) atoms. The second-order valence-electron chi connectivity index (χ2n) is 3.57. The van der Waals surface area contributed by atoms with E-state index in [1.165, 1.54) is 13.0 Å². The zero-order valence-electron chi connectivity index (χ0n) is 9.71. The monoisotopic (exact) mass is 254 g/mol. The van der Waals surface area contributed by atoms with Crippen LogP contribution in [0, 0.1) is 0 Å². The Labute approximate surface area is 101 Å². The molecule has 0 heterocycles. The minimum Gasteiger partial charge on any atom is -0.460 e. The number of ether oxygens (including phenoxy) is 1. The van der Waals surface area contributed by atoms with Crippen LogP contribution in [-0.2, 0) is 19.4 Å². The summed E-state index contributed by atoms with van der Waals surface area (Å²) in [5, 5.41) is 0. The van der Waals surface area contributed by atoms with Gasteiger partial charge in [-0.2, -0.15) is 0 Å². The number of hydrogen-bond acceptors (Lipinski definition) is 4. The lowest BCUT2D eigenvalue weighted by Gasteiger charge is -2.05. The first-order chi connectivity index (χ1) is 7.89. The number of benzene rings is 1. The summed E-state index contributed by atoms with van der Waals surface area (Å²) in [7, 11) is -3.37. The highest BCUT2D eigenvalue weighted by atomic mass is 32.2. The third-order valence-corrected chi connectivity index (χ3v) is 3.21. The zero-order valence-corrected chi connectivity index (χ0v) is 10.5. The fourth-order valence-corrected chi connectivity index (χ4v) is 1.79. The van der Waals surface area contributed by atoms with Crippen LogP contribution in [0.3, 0.4) is 0 Å². The van der Waals surface area contributed by atoms with Crippen molar-refractivity contribution in [2.24, 2.45) is 0 Å². The van der Waals surface area contributed by atoms with E-state index < -0.39 is 15.8 Å². The molecular weight excluding hydrogens is 240 g/mol. The van der Waals surface area contributed by atoms with Gasteiger partial charge in [0.2, 0.25) is 0 Å². The largest absolute Gasteiger partial charge is 0.460 e. The molecule has 0 N–H and O–H groups in total. The molecule has 4 nitrogen and oxygen atoms in total. The number of hydrogen-bond donors (Lipinski definition) is 0. The summed E-state index contributed by atoms with van der Waals surface area (Å²) in [5.74, 6) is -0.507. The van der Waals surface area contributed by atoms with Crippen molar-refractivity contribution in [2.75, 3.05) is 12.9 Å². The highest BCUT2D eigenvalue weighted by molar-refractivity contribution is 7.94.